The van der Waals surface area contributed by atoms with E-state index in [2.05, 4.69) is 17.4 Å². The van der Waals surface area contributed by atoms with E-state index in [0.29, 0.717) is 53.3 Å². The van der Waals surface area contributed by atoms with E-state index in [1.165, 1.54) is 12.8 Å². The van der Waals surface area contributed by atoms with Crippen LogP contribution >= 0.6 is 11.6 Å². The van der Waals surface area contributed by atoms with Gasteiger partial charge in [-0.2, -0.15) is 0 Å². The summed E-state index contributed by atoms with van der Waals surface area (Å²) in [5, 5.41) is 13.1. The number of rotatable bonds is 9. The summed E-state index contributed by atoms with van der Waals surface area (Å²) >= 11 is 6.45. The van der Waals surface area contributed by atoms with Crippen LogP contribution in [0.1, 0.15) is 58.3 Å². The summed E-state index contributed by atoms with van der Waals surface area (Å²) in [5.74, 6) is 3.15. The number of hydrogen-bond acceptors (Lipinski definition) is 6. The number of halogens is 1. The SMILES string of the molecule is CN(C)c1nc(C2CC2)ccc1CCNC(=O)c1ccc(Oc2cc3c(cc2Cl)C(CO)CCO3)cc1. The Bertz CT molecular complexity index is 1270. The molecule has 8 heteroatoms. The van der Waals surface area contributed by atoms with Crippen molar-refractivity contribution in [2.75, 3.05) is 38.8 Å². The number of anilines is 1. The quantitative estimate of drug-likeness (QED) is 0.397. The smallest absolute Gasteiger partial charge is 0.251 e. The summed E-state index contributed by atoms with van der Waals surface area (Å²) < 4.78 is 11.7. The Labute approximate surface area is 222 Å². The van der Waals surface area contributed by atoms with Crippen LogP contribution < -0.4 is 19.7 Å². The minimum absolute atomic E-state index is 0.0148. The monoisotopic (exact) mass is 521 g/mol. The number of carbonyl (C=O) groups is 1. The Kier molecular flexibility index (Phi) is 7.53. The average molecular weight is 522 g/mol. The van der Waals surface area contributed by atoms with E-state index in [1.54, 1.807) is 36.4 Å². The molecule has 1 fully saturated rings. The molecular formula is C29H32ClN3O4. The van der Waals surface area contributed by atoms with Crippen LogP contribution in [0, 0.1) is 0 Å². The highest BCUT2D eigenvalue weighted by Gasteiger charge is 2.26. The van der Waals surface area contributed by atoms with Gasteiger partial charge in [0.05, 0.1) is 18.2 Å². The van der Waals surface area contributed by atoms with Crippen molar-refractivity contribution in [3.63, 3.8) is 0 Å². The third-order valence-corrected chi connectivity index (χ3v) is 7.16. The molecule has 0 bridgehead atoms. The minimum Gasteiger partial charge on any atom is -0.493 e. The predicted octanol–water partition coefficient (Wildman–Crippen LogP) is 5.30. The fourth-order valence-corrected chi connectivity index (χ4v) is 4.83. The Morgan fingerprint density at radius 1 is 1.16 bits per heavy atom. The first-order valence-corrected chi connectivity index (χ1v) is 13.1. The summed E-state index contributed by atoms with van der Waals surface area (Å²) in [4.78, 5) is 19.6. The van der Waals surface area contributed by atoms with Crippen LogP contribution in [0.3, 0.4) is 0 Å². The van der Waals surface area contributed by atoms with Gasteiger partial charge in [0, 0.05) is 55.4 Å². The third-order valence-electron chi connectivity index (χ3n) is 6.87. The first-order valence-electron chi connectivity index (χ1n) is 12.7. The van der Waals surface area contributed by atoms with E-state index in [4.69, 9.17) is 26.1 Å². The van der Waals surface area contributed by atoms with Gasteiger partial charge in [-0.25, -0.2) is 4.98 Å². The number of ether oxygens (including phenoxy) is 2. The molecule has 2 aromatic carbocycles. The lowest BCUT2D eigenvalue weighted by Gasteiger charge is -2.25. The van der Waals surface area contributed by atoms with E-state index < -0.39 is 0 Å². The highest BCUT2D eigenvalue weighted by molar-refractivity contribution is 6.32. The molecule has 0 saturated heterocycles. The normalized spacial score (nSPS) is 16.5. The summed E-state index contributed by atoms with van der Waals surface area (Å²) in [6, 6.07) is 14.7. The zero-order valence-electron chi connectivity index (χ0n) is 21.2. The van der Waals surface area contributed by atoms with E-state index in [-0.39, 0.29) is 18.4 Å². The van der Waals surface area contributed by atoms with Crippen molar-refractivity contribution in [3.05, 3.63) is 75.9 Å². The second-order valence-electron chi connectivity index (χ2n) is 9.86. The Hall–Kier alpha value is -3.29. The predicted molar refractivity (Wildman–Crippen MR) is 144 cm³/mol. The van der Waals surface area contributed by atoms with Crippen LogP contribution in [0.25, 0.3) is 0 Å². The molecule has 5 rings (SSSR count). The average Bonchev–Trinajstić information content (AvgIpc) is 3.75. The Balaban J connectivity index is 1.18. The molecule has 2 heterocycles. The number of nitrogens with one attached hydrogen (secondary N) is 1. The molecule has 1 aliphatic heterocycles. The van der Waals surface area contributed by atoms with Crippen molar-refractivity contribution >= 4 is 23.3 Å². The number of pyridine rings is 1. The molecule has 1 aliphatic carbocycles. The van der Waals surface area contributed by atoms with Crippen LogP contribution in [-0.2, 0) is 6.42 Å². The van der Waals surface area contributed by atoms with Gasteiger partial charge in [0.1, 0.15) is 23.1 Å². The zero-order valence-corrected chi connectivity index (χ0v) is 21.9. The summed E-state index contributed by atoms with van der Waals surface area (Å²) in [5.41, 5.74) is 3.73. The second kappa shape index (κ2) is 11.0. The fraction of sp³-hybridized carbons (Fsp3) is 0.379. The number of aliphatic hydroxyl groups is 1. The molecule has 194 valence electrons. The molecule has 3 aromatic rings. The van der Waals surface area contributed by atoms with Crippen molar-refractivity contribution < 1.29 is 19.4 Å². The molecule has 0 radical (unpaired) electrons. The van der Waals surface area contributed by atoms with Gasteiger partial charge in [-0.1, -0.05) is 17.7 Å². The molecule has 7 nitrogen and oxygen atoms in total. The number of benzene rings is 2. The standard InChI is InChI=1S/C29H32ClN3O4/c1-33(2)28-19(7-10-25(32-28)18-3-4-18)11-13-31-29(35)20-5-8-22(9-6-20)37-27-16-26-23(15-24(27)30)21(17-34)12-14-36-26/h5-10,15-16,18,21,34H,3-4,11-14,17H2,1-2H3,(H,31,35). The zero-order chi connectivity index (χ0) is 25.9. The number of fused-ring (bicyclic) bond motifs is 1. The van der Waals surface area contributed by atoms with Gasteiger partial charge in [0.25, 0.3) is 5.91 Å². The van der Waals surface area contributed by atoms with Crippen molar-refractivity contribution in [1.82, 2.24) is 10.3 Å². The van der Waals surface area contributed by atoms with Gasteiger partial charge in [-0.05, 0) is 67.6 Å². The maximum absolute atomic E-state index is 12.7. The molecule has 37 heavy (non-hydrogen) atoms. The van der Waals surface area contributed by atoms with E-state index in [1.807, 2.05) is 19.0 Å². The maximum Gasteiger partial charge on any atom is 0.251 e. The van der Waals surface area contributed by atoms with Gasteiger partial charge < -0.3 is 24.8 Å². The third kappa shape index (κ3) is 5.84. The van der Waals surface area contributed by atoms with Gasteiger partial charge in [-0.3, -0.25) is 4.79 Å². The fourth-order valence-electron chi connectivity index (χ4n) is 4.62. The number of amides is 1. The number of aromatic nitrogens is 1. The molecule has 1 amide bonds. The second-order valence-corrected chi connectivity index (χ2v) is 10.3. The van der Waals surface area contributed by atoms with Crippen LogP contribution in [0.2, 0.25) is 5.02 Å². The molecule has 1 unspecified atom stereocenters. The minimum atomic E-state index is -0.143. The van der Waals surface area contributed by atoms with Gasteiger partial charge in [0.2, 0.25) is 0 Å². The van der Waals surface area contributed by atoms with E-state index in [9.17, 15) is 9.90 Å². The lowest BCUT2D eigenvalue weighted by molar-refractivity contribution is 0.0954. The first kappa shape index (κ1) is 25.4. The van der Waals surface area contributed by atoms with Crippen LogP contribution in [-0.4, -0.2) is 49.9 Å². The maximum atomic E-state index is 12.7. The molecule has 1 saturated carbocycles. The Morgan fingerprint density at radius 3 is 2.65 bits per heavy atom. The highest BCUT2D eigenvalue weighted by atomic mass is 35.5. The van der Waals surface area contributed by atoms with Gasteiger partial charge >= 0.3 is 0 Å². The topological polar surface area (TPSA) is 83.9 Å². The molecular weight excluding hydrogens is 490 g/mol. The van der Waals surface area contributed by atoms with E-state index >= 15 is 0 Å². The molecule has 1 aromatic heterocycles. The first-order chi connectivity index (χ1) is 17.9. The summed E-state index contributed by atoms with van der Waals surface area (Å²) in [7, 11) is 4.00. The van der Waals surface area contributed by atoms with Gasteiger partial charge in [-0.15, -0.1) is 0 Å². The largest absolute Gasteiger partial charge is 0.493 e. The van der Waals surface area contributed by atoms with Crippen LogP contribution in [0.4, 0.5) is 5.82 Å². The molecule has 1 atom stereocenters. The molecule has 2 N–H and O–H groups in total. The number of aliphatic hydroxyl groups excluding tert-OH is 1. The highest BCUT2D eigenvalue weighted by Crippen LogP contribution is 2.42. The lowest BCUT2D eigenvalue weighted by atomic mass is 9.94. The van der Waals surface area contributed by atoms with E-state index in [0.717, 1.165) is 29.1 Å². The summed E-state index contributed by atoms with van der Waals surface area (Å²) in [6.45, 7) is 1.11. The van der Waals surface area contributed by atoms with Crippen molar-refractivity contribution in [2.24, 2.45) is 0 Å². The molecule has 0 spiro atoms. The van der Waals surface area contributed by atoms with Gasteiger partial charge in [0.15, 0.2) is 0 Å². The van der Waals surface area contributed by atoms with Crippen LogP contribution in [0.15, 0.2) is 48.5 Å². The number of carbonyl (C=O) groups excluding carboxylic acids is 1. The van der Waals surface area contributed by atoms with Crippen molar-refractivity contribution in [2.45, 2.75) is 37.5 Å². The number of nitrogens with zero attached hydrogens (tertiary/aromatic N) is 2. The van der Waals surface area contributed by atoms with Crippen molar-refractivity contribution in [1.29, 1.82) is 0 Å². The van der Waals surface area contributed by atoms with Crippen LogP contribution in [0.5, 0.6) is 17.2 Å². The summed E-state index contributed by atoms with van der Waals surface area (Å²) in [6.07, 6.45) is 3.90. The number of hydrogen-bond donors (Lipinski definition) is 2. The lowest BCUT2D eigenvalue weighted by Crippen LogP contribution is -2.26. The Morgan fingerprint density at radius 2 is 1.95 bits per heavy atom. The molecule has 2 aliphatic rings. The van der Waals surface area contributed by atoms with Crippen molar-refractivity contribution in [3.8, 4) is 17.2 Å².